The summed E-state index contributed by atoms with van der Waals surface area (Å²) >= 11 is 0. The number of hydrogen-bond donors (Lipinski definition) is 1. The SMILES string of the molecule is CNCCCOCCCC(F)(F)F. The molecule has 2 nitrogen and oxygen atoms in total. The van der Waals surface area contributed by atoms with Gasteiger partial charge in [0.05, 0.1) is 0 Å². The molecule has 0 saturated heterocycles. The van der Waals surface area contributed by atoms with Crippen molar-refractivity contribution in [2.45, 2.75) is 25.4 Å². The summed E-state index contributed by atoms with van der Waals surface area (Å²) in [7, 11) is 1.82. The van der Waals surface area contributed by atoms with Crippen LogP contribution >= 0.6 is 0 Å². The van der Waals surface area contributed by atoms with E-state index in [1.165, 1.54) is 0 Å². The van der Waals surface area contributed by atoms with Gasteiger partial charge in [0.1, 0.15) is 0 Å². The van der Waals surface area contributed by atoms with Crippen molar-refractivity contribution in [1.82, 2.24) is 5.32 Å². The molecule has 0 rings (SSSR count). The van der Waals surface area contributed by atoms with E-state index in [9.17, 15) is 13.2 Å². The standard InChI is InChI=1S/C8H16F3NO/c1-12-5-3-7-13-6-2-4-8(9,10)11/h12H,2-7H2,1H3. The molecular weight excluding hydrogens is 183 g/mol. The molecule has 0 aromatic rings. The molecule has 13 heavy (non-hydrogen) atoms. The molecule has 1 N–H and O–H groups in total. The van der Waals surface area contributed by atoms with Crippen LogP contribution in [0.1, 0.15) is 19.3 Å². The molecule has 0 unspecified atom stereocenters. The molecule has 0 saturated carbocycles. The Kier molecular flexibility index (Phi) is 6.99. The number of halogens is 3. The third kappa shape index (κ3) is 11.7. The van der Waals surface area contributed by atoms with Crippen molar-refractivity contribution in [3.05, 3.63) is 0 Å². The first-order valence-corrected chi connectivity index (χ1v) is 4.35. The van der Waals surface area contributed by atoms with Crippen molar-refractivity contribution in [3.8, 4) is 0 Å². The quantitative estimate of drug-likeness (QED) is 0.633. The molecule has 0 aromatic heterocycles. The lowest BCUT2D eigenvalue weighted by Crippen LogP contribution is -2.12. The predicted molar refractivity (Wildman–Crippen MR) is 44.7 cm³/mol. The average Bonchev–Trinajstić information content (AvgIpc) is 2.01. The van der Waals surface area contributed by atoms with E-state index in [4.69, 9.17) is 4.74 Å². The number of nitrogens with one attached hydrogen (secondary N) is 1. The largest absolute Gasteiger partial charge is 0.389 e. The van der Waals surface area contributed by atoms with E-state index in [2.05, 4.69) is 5.32 Å². The molecule has 0 amide bonds. The van der Waals surface area contributed by atoms with E-state index in [1.807, 2.05) is 7.05 Å². The summed E-state index contributed by atoms with van der Waals surface area (Å²) in [5, 5.41) is 2.92. The smallest absolute Gasteiger partial charge is 0.381 e. The first-order chi connectivity index (χ1) is 6.06. The normalized spacial score (nSPS) is 12.0. The minimum absolute atomic E-state index is 0.0586. The fourth-order valence-corrected chi connectivity index (χ4v) is 0.828. The van der Waals surface area contributed by atoms with Crippen LogP contribution in [0.5, 0.6) is 0 Å². The zero-order valence-corrected chi connectivity index (χ0v) is 7.78. The molecule has 0 spiro atoms. The van der Waals surface area contributed by atoms with Crippen LogP contribution < -0.4 is 5.32 Å². The summed E-state index contributed by atoms with van der Waals surface area (Å²) in [4.78, 5) is 0. The zero-order chi connectivity index (χ0) is 10.2. The number of ether oxygens (including phenoxy) is 1. The Morgan fingerprint density at radius 3 is 2.31 bits per heavy atom. The Balaban J connectivity index is 3.00. The van der Waals surface area contributed by atoms with Crippen LogP contribution in [-0.4, -0.2) is 33.0 Å². The van der Waals surface area contributed by atoms with E-state index in [0.717, 1.165) is 13.0 Å². The summed E-state index contributed by atoms with van der Waals surface area (Å²) in [5.41, 5.74) is 0. The van der Waals surface area contributed by atoms with Gasteiger partial charge in [-0.2, -0.15) is 13.2 Å². The maximum atomic E-state index is 11.6. The van der Waals surface area contributed by atoms with E-state index in [-0.39, 0.29) is 13.0 Å². The highest BCUT2D eigenvalue weighted by Crippen LogP contribution is 2.20. The third-order valence-corrected chi connectivity index (χ3v) is 1.46. The summed E-state index contributed by atoms with van der Waals surface area (Å²) in [6, 6.07) is 0. The Morgan fingerprint density at radius 2 is 1.77 bits per heavy atom. The number of hydrogen-bond acceptors (Lipinski definition) is 2. The molecule has 0 bridgehead atoms. The highest BCUT2D eigenvalue weighted by atomic mass is 19.4. The van der Waals surface area contributed by atoms with Crippen molar-refractivity contribution >= 4 is 0 Å². The Labute approximate surface area is 76.5 Å². The van der Waals surface area contributed by atoms with Gasteiger partial charge in [-0.1, -0.05) is 0 Å². The monoisotopic (exact) mass is 199 g/mol. The van der Waals surface area contributed by atoms with E-state index >= 15 is 0 Å². The van der Waals surface area contributed by atoms with Crippen molar-refractivity contribution < 1.29 is 17.9 Å². The lowest BCUT2D eigenvalue weighted by atomic mass is 10.3. The van der Waals surface area contributed by atoms with Crippen LogP contribution in [0.3, 0.4) is 0 Å². The molecule has 0 fully saturated rings. The van der Waals surface area contributed by atoms with Gasteiger partial charge in [-0.15, -0.1) is 0 Å². The minimum atomic E-state index is -4.05. The molecule has 0 aliphatic rings. The van der Waals surface area contributed by atoms with Gasteiger partial charge in [-0.05, 0) is 26.4 Å². The van der Waals surface area contributed by atoms with Crippen LogP contribution in [0.15, 0.2) is 0 Å². The summed E-state index contributed by atoms with van der Waals surface area (Å²) in [6.07, 6.45) is -3.90. The topological polar surface area (TPSA) is 21.3 Å². The van der Waals surface area contributed by atoms with Gasteiger partial charge < -0.3 is 10.1 Å². The Morgan fingerprint density at radius 1 is 1.15 bits per heavy atom. The zero-order valence-electron chi connectivity index (χ0n) is 7.78. The van der Waals surface area contributed by atoms with Gasteiger partial charge >= 0.3 is 6.18 Å². The van der Waals surface area contributed by atoms with E-state index in [1.54, 1.807) is 0 Å². The van der Waals surface area contributed by atoms with Crippen molar-refractivity contribution in [2.24, 2.45) is 0 Å². The molecular formula is C8H16F3NO. The van der Waals surface area contributed by atoms with Gasteiger partial charge in [-0.3, -0.25) is 0 Å². The summed E-state index contributed by atoms with van der Waals surface area (Å²) in [5.74, 6) is 0. The molecule has 5 heteroatoms. The highest BCUT2D eigenvalue weighted by molar-refractivity contribution is 4.49. The Bertz CT molecular complexity index is 116. The van der Waals surface area contributed by atoms with Gasteiger partial charge in [0.2, 0.25) is 0 Å². The minimum Gasteiger partial charge on any atom is -0.381 e. The maximum absolute atomic E-state index is 11.6. The van der Waals surface area contributed by atoms with Crippen LogP contribution in [0.25, 0.3) is 0 Å². The predicted octanol–water partition coefficient (Wildman–Crippen LogP) is 1.96. The van der Waals surface area contributed by atoms with E-state index < -0.39 is 12.6 Å². The van der Waals surface area contributed by atoms with Crippen LogP contribution in [0, 0.1) is 0 Å². The van der Waals surface area contributed by atoms with Crippen LogP contribution in [0.2, 0.25) is 0 Å². The molecule has 0 atom stereocenters. The fourth-order valence-electron chi connectivity index (χ4n) is 0.828. The van der Waals surface area contributed by atoms with Crippen molar-refractivity contribution in [3.63, 3.8) is 0 Å². The highest BCUT2D eigenvalue weighted by Gasteiger charge is 2.25. The fraction of sp³-hybridized carbons (Fsp3) is 1.00. The second-order valence-corrected chi connectivity index (χ2v) is 2.79. The van der Waals surface area contributed by atoms with Gasteiger partial charge in [0.15, 0.2) is 0 Å². The molecule has 0 radical (unpaired) electrons. The lowest BCUT2D eigenvalue weighted by molar-refractivity contribution is -0.137. The second kappa shape index (κ2) is 7.15. The molecule has 0 aliphatic carbocycles. The lowest BCUT2D eigenvalue weighted by Gasteiger charge is -2.06. The van der Waals surface area contributed by atoms with Gasteiger partial charge in [-0.25, -0.2) is 0 Å². The summed E-state index contributed by atoms with van der Waals surface area (Å²) in [6.45, 7) is 1.56. The maximum Gasteiger partial charge on any atom is 0.389 e. The second-order valence-electron chi connectivity index (χ2n) is 2.79. The first kappa shape index (κ1) is 12.7. The molecule has 0 heterocycles. The van der Waals surface area contributed by atoms with E-state index in [0.29, 0.717) is 6.61 Å². The first-order valence-electron chi connectivity index (χ1n) is 4.35. The average molecular weight is 199 g/mol. The molecule has 80 valence electrons. The number of rotatable bonds is 7. The van der Waals surface area contributed by atoms with Gasteiger partial charge in [0, 0.05) is 19.6 Å². The van der Waals surface area contributed by atoms with Crippen LogP contribution in [0.4, 0.5) is 13.2 Å². The summed E-state index contributed by atoms with van der Waals surface area (Å²) < 4.78 is 39.9. The van der Waals surface area contributed by atoms with Crippen molar-refractivity contribution in [2.75, 3.05) is 26.8 Å². The van der Waals surface area contributed by atoms with Crippen LogP contribution in [-0.2, 0) is 4.74 Å². The molecule has 0 aromatic carbocycles. The number of alkyl halides is 3. The van der Waals surface area contributed by atoms with Crippen molar-refractivity contribution in [1.29, 1.82) is 0 Å². The Hall–Kier alpha value is -0.290. The van der Waals surface area contributed by atoms with Gasteiger partial charge in [0.25, 0.3) is 0 Å². The molecule has 0 aliphatic heterocycles. The third-order valence-electron chi connectivity index (χ3n) is 1.46.